The first-order valence-corrected chi connectivity index (χ1v) is 12.6. The van der Waals surface area contributed by atoms with Crippen molar-refractivity contribution in [3.05, 3.63) is 68.8 Å². The number of benzene rings is 1. The van der Waals surface area contributed by atoms with E-state index in [1.807, 2.05) is 41.8 Å². The van der Waals surface area contributed by atoms with E-state index < -0.39 is 0 Å². The fraction of sp³-hybridized carbons (Fsp3) is 0.360. The molecule has 8 nitrogen and oxygen atoms in total. The van der Waals surface area contributed by atoms with Crippen LogP contribution in [-0.4, -0.2) is 25.8 Å². The number of hydrogen-bond donors (Lipinski definition) is 1. The standard InChI is InChI=1S/C25H27IN6O2/c1-4-31-21(14-34-22-12-18-11-15(2)5-10-20(18)29-30-22)28-24-23(31)16(3)27-25(33)32(24)13-17-6-8-19(26)9-7-17/h6-9,12,15H,3-5,10-11,13-14H2,1-2H3,(H,27,33). The maximum absolute atomic E-state index is 12.8. The molecule has 3 aromatic rings. The summed E-state index contributed by atoms with van der Waals surface area (Å²) in [4.78, 5) is 19.3. The first kappa shape index (κ1) is 22.8. The van der Waals surface area contributed by atoms with Crippen LogP contribution in [0.2, 0.25) is 0 Å². The van der Waals surface area contributed by atoms with Crippen molar-refractivity contribution in [3.63, 3.8) is 0 Å². The van der Waals surface area contributed by atoms with Crippen LogP contribution >= 0.6 is 22.6 Å². The van der Waals surface area contributed by atoms with Crippen LogP contribution in [0.5, 0.6) is 5.88 Å². The van der Waals surface area contributed by atoms with Gasteiger partial charge in [-0.05, 0) is 78.0 Å². The number of ether oxygens (including phenoxy) is 1. The molecule has 0 fully saturated rings. The Morgan fingerprint density at radius 1 is 1.26 bits per heavy atom. The van der Waals surface area contributed by atoms with Gasteiger partial charge in [0.05, 0.1) is 17.9 Å². The van der Waals surface area contributed by atoms with Gasteiger partial charge in [0.1, 0.15) is 18.1 Å². The molecule has 176 valence electrons. The van der Waals surface area contributed by atoms with Crippen molar-refractivity contribution in [1.82, 2.24) is 25.1 Å². The van der Waals surface area contributed by atoms with Gasteiger partial charge in [0.2, 0.25) is 5.88 Å². The quantitative estimate of drug-likeness (QED) is 0.435. The van der Waals surface area contributed by atoms with Gasteiger partial charge in [-0.15, -0.1) is 5.10 Å². The highest BCUT2D eigenvalue weighted by Gasteiger charge is 2.32. The van der Waals surface area contributed by atoms with Crippen molar-refractivity contribution >= 4 is 40.1 Å². The van der Waals surface area contributed by atoms with Crippen LogP contribution in [0.1, 0.15) is 48.6 Å². The maximum Gasteiger partial charge on any atom is 0.327 e. The first-order chi connectivity index (χ1) is 16.4. The Bertz CT molecular complexity index is 1250. The molecule has 2 aromatic heterocycles. The average Bonchev–Trinajstić information content (AvgIpc) is 3.20. The van der Waals surface area contributed by atoms with Crippen molar-refractivity contribution in [2.24, 2.45) is 5.92 Å². The molecule has 1 aliphatic heterocycles. The summed E-state index contributed by atoms with van der Waals surface area (Å²) in [5.41, 5.74) is 4.66. The highest BCUT2D eigenvalue weighted by molar-refractivity contribution is 14.1. The first-order valence-electron chi connectivity index (χ1n) is 11.5. The van der Waals surface area contributed by atoms with Gasteiger partial charge in [0.15, 0.2) is 5.82 Å². The molecule has 2 aliphatic rings. The number of nitrogens with zero attached hydrogens (tertiary/aromatic N) is 5. The second kappa shape index (κ2) is 9.36. The topological polar surface area (TPSA) is 85.2 Å². The van der Waals surface area contributed by atoms with Crippen molar-refractivity contribution in [1.29, 1.82) is 0 Å². The molecular formula is C25H27IN6O2. The Balaban J connectivity index is 1.41. The van der Waals surface area contributed by atoms with Gasteiger partial charge in [0.25, 0.3) is 0 Å². The minimum atomic E-state index is -0.237. The lowest BCUT2D eigenvalue weighted by Crippen LogP contribution is -2.43. The lowest BCUT2D eigenvalue weighted by atomic mass is 9.88. The summed E-state index contributed by atoms with van der Waals surface area (Å²) in [7, 11) is 0. The van der Waals surface area contributed by atoms with E-state index in [0.29, 0.717) is 42.2 Å². The predicted octanol–water partition coefficient (Wildman–Crippen LogP) is 4.70. The number of halogens is 1. The van der Waals surface area contributed by atoms with Crippen LogP contribution < -0.4 is 15.0 Å². The van der Waals surface area contributed by atoms with E-state index >= 15 is 0 Å². The Morgan fingerprint density at radius 2 is 2.06 bits per heavy atom. The molecule has 1 atom stereocenters. The van der Waals surface area contributed by atoms with E-state index in [4.69, 9.17) is 9.72 Å². The number of imidazole rings is 1. The maximum atomic E-state index is 12.8. The molecule has 5 rings (SSSR count). The summed E-state index contributed by atoms with van der Waals surface area (Å²) in [6, 6.07) is 9.87. The van der Waals surface area contributed by atoms with E-state index in [2.05, 4.69) is 51.6 Å². The van der Waals surface area contributed by atoms with Crippen LogP contribution in [0.15, 0.2) is 36.9 Å². The molecule has 1 aromatic carbocycles. The summed E-state index contributed by atoms with van der Waals surface area (Å²) in [5, 5.41) is 11.5. The third kappa shape index (κ3) is 4.40. The third-order valence-electron chi connectivity index (χ3n) is 6.37. The number of fused-ring (bicyclic) bond motifs is 2. The summed E-state index contributed by atoms with van der Waals surface area (Å²) in [6.45, 7) is 9.68. The van der Waals surface area contributed by atoms with E-state index in [1.54, 1.807) is 4.90 Å². The van der Waals surface area contributed by atoms with E-state index in [9.17, 15) is 4.79 Å². The SMILES string of the molecule is C=C1NC(=O)N(Cc2ccc(I)cc2)c2nc(COc3cc4c(nn3)CCC(C)C4)n(CC)c21. The average molecular weight is 570 g/mol. The van der Waals surface area contributed by atoms with Crippen LogP contribution in [0.4, 0.5) is 10.6 Å². The van der Waals surface area contributed by atoms with Crippen LogP contribution in [0, 0.1) is 9.49 Å². The third-order valence-corrected chi connectivity index (χ3v) is 7.09. The van der Waals surface area contributed by atoms with Crippen molar-refractivity contribution < 1.29 is 9.53 Å². The minimum absolute atomic E-state index is 0.225. The van der Waals surface area contributed by atoms with Crippen molar-refractivity contribution in [2.45, 2.75) is 52.8 Å². The summed E-state index contributed by atoms with van der Waals surface area (Å²) < 4.78 is 9.21. The van der Waals surface area contributed by atoms with Gasteiger partial charge in [-0.25, -0.2) is 9.78 Å². The number of carbonyl (C=O) groups excluding carboxylic acids is 1. The van der Waals surface area contributed by atoms with Crippen molar-refractivity contribution in [2.75, 3.05) is 4.90 Å². The molecule has 3 heterocycles. The highest BCUT2D eigenvalue weighted by atomic mass is 127. The fourth-order valence-electron chi connectivity index (χ4n) is 4.59. The molecule has 1 unspecified atom stereocenters. The predicted molar refractivity (Wildman–Crippen MR) is 138 cm³/mol. The molecule has 2 amide bonds. The van der Waals surface area contributed by atoms with Gasteiger partial charge in [-0.1, -0.05) is 25.6 Å². The number of carbonyl (C=O) groups is 1. The zero-order valence-corrected chi connectivity index (χ0v) is 21.5. The van der Waals surface area contributed by atoms with Crippen molar-refractivity contribution in [3.8, 4) is 5.88 Å². The van der Waals surface area contributed by atoms with Crippen LogP contribution in [0.25, 0.3) is 5.70 Å². The number of amides is 2. The molecular weight excluding hydrogens is 543 g/mol. The zero-order valence-electron chi connectivity index (χ0n) is 19.3. The van der Waals surface area contributed by atoms with Crippen LogP contribution in [-0.2, 0) is 32.5 Å². The Labute approximate surface area is 212 Å². The molecule has 9 heteroatoms. The number of aryl methyl sites for hydroxylation is 1. The molecule has 0 spiro atoms. The lowest BCUT2D eigenvalue weighted by Gasteiger charge is -2.28. The number of urea groups is 1. The van der Waals surface area contributed by atoms with Gasteiger partial charge < -0.3 is 14.6 Å². The van der Waals surface area contributed by atoms with Gasteiger partial charge in [-0.3, -0.25) is 4.90 Å². The molecule has 1 aliphatic carbocycles. The van der Waals surface area contributed by atoms with Gasteiger partial charge in [0, 0.05) is 16.2 Å². The van der Waals surface area contributed by atoms with Gasteiger partial charge >= 0.3 is 6.03 Å². The molecule has 1 N–H and O–H groups in total. The second-order valence-corrected chi connectivity index (χ2v) is 10.1. The smallest absolute Gasteiger partial charge is 0.327 e. The molecule has 0 radical (unpaired) electrons. The van der Waals surface area contributed by atoms with Gasteiger partial charge in [-0.2, -0.15) is 5.10 Å². The summed E-state index contributed by atoms with van der Waals surface area (Å²) in [6.07, 6.45) is 3.12. The molecule has 0 saturated heterocycles. The Hall–Kier alpha value is -2.95. The Morgan fingerprint density at radius 3 is 2.82 bits per heavy atom. The van der Waals surface area contributed by atoms with Crippen LogP contribution in [0.3, 0.4) is 0 Å². The number of aromatic nitrogens is 4. The van der Waals surface area contributed by atoms with E-state index in [-0.39, 0.29) is 12.6 Å². The number of hydrogen-bond acceptors (Lipinski definition) is 5. The summed E-state index contributed by atoms with van der Waals surface area (Å²) in [5.74, 6) is 2.45. The normalized spacial score (nSPS) is 17.3. The largest absolute Gasteiger partial charge is 0.468 e. The van der Waals surface area contributed by atoms with E-state index in [1.165, 1.54) is 5.56 Å². The fourth-order valence-corrected chi connectivity index (χ4v) is 4.94. The van der Waals surface area contributed by atoms with E-state index in [0.717, 1.165) is 39.8 Å². The lowest BCUT2D eigenvalue weighted by molar-refractivity contribution is 0.249. The molecule has 34 heavy (non-hydrogen) atoms. The highest BCUT2D eigenvalue weighted by Crippen LogP contribution is 2.32. The zero-order chi connectivity index (χ0) is 23.8. The molecule has 0 bridgehead atoms. The summed E-state index contributed by atoms with van der Waals surface area (Å²) >= 11 is 2.27. The monoisotopic (exact) mass is 570 g/mol. The number of nitrogens with one attached hydrogen (secondary N) is 1. The second-order valence-electron chi connectivity index (χ2n) is 8.86. The molecule has 0 saturated carbocycles. The number of rotatable bonds is 6. The number of anilines is 1. The minimum Gasteiger partial charge on any atom is -0.468 e. The Kier molecular flexibility index (Phi) is 6.28.